The molecule has 1 saturated heterocycles. The Balaban J connectivity index is 1.35. The van der Waals surface area contributed by atoms with Gasteiger partial charge in [0.25, 0.3) is 0 Å². The lowest BCUT2D eigenvalue weighted by Gasteiger charge is -2.25. The summed E-state index contributed by atoms with van der Waals surface area (Å²) in [5.41, 5.74) is 2.66. The zero-order valence-electron chi connectivity index (χ0n) is 16.8. The smallest absolute Gasteiger partial charge is 0.407 e. The summed E-state index contributed by atoms with van der Waals surface area (Å²) in [4.78, 5) is 17.7. The summed E-state index contributed by atoms with van der Waals surface area (Å²) in [5, 5.41) is 4.86. The van der Waals surface area contributed by atoms with Crippen molar-refractivity contribution in [1.82, 2.24) is 10.3 Å². The highest BCUT2D eigenvalue weighted by atomic mass is 32.1. The number of hydrogen-bond donors (Lipinski definition) is 1. The van der Waals surface area contributed by atoms with Crippen LogP contribution in [-0.2, 0) is 16.1 Å². The van der Waals surface area contributed by atoms with Crippen LogP contribution in [0, 0.1) is 12.8 Å². The van der Waals surface area contributed by atoms with Gasteiger partial charge in [-0.15, -0.1) is 11.3 Å². The topological polar surface area (TPSA) is 69.7 Å². The van der Waals surface area contributed by atoms with Crippen molar-refractivity contribution < 1.29 is 19.0 Å². The van der Waals surface area contributed by atoms with Gasteiger partial charge in [-0.25, -0.2) is 9.78 Å². The van der Waals surface area contributed by atoms with Gasteiger partial charge in [0.1, 0.15) is 12.4 Å². The van der Waals surface area contributed by atoms with Crippen molar-refractivity contribution in [3.8, 4) is 16.3 Å². The maximum absolute atomic E-state index is 11.9. The first-order valence-electron chi connectivity index (χ1n) is 10.4. The van der Waals surface area contributed by atoms with E-state index in [4.69, 9.17) is 19.2 Å². The molecule has 2 aliphatic rings. The Labute approximate surface area is 175 Å². The Bertz CT molecular complexity index is 828. The number of rotatable bonds is 7. The molecule has 1 N–H and O–H groups in total. The molecule has 0 aromatic carbocycles. The molecule has 0 bridgehead atoms. The summed E-state index contributed by atoms with van der Waals surface area (Å²) >= 11 is 1.60. The molecule has 29 heavy (non-hydrogen) atoms. The third kappa shape index (κ3) is 5.28. The minimum absolute atomic E-state index is 0.181. The number of hydrogen-bond acceptors (Lipinski definition) is 6. The number of carbonyl (C=O) groups is 1. The Morgan fingerprint density at radius 3 is 2.86 bits per heavy atom. The lowest BCUT2D eigenvalue weighted by Crippen LogP contribution is -2.32. The first kappa shape index (κ1) is 20.2. The number of carbonyl (C=O) groups excluding carboxylic acids is 1. The molecule has 2 aromatic rings. The van der Waals surface area contributed by atoms with E-state index in [2.05, 4.69) is 5.32 Å². The second-order valence-electron chi connectivity index (χ2n) is 7.72. The molecular weight excluding hydrogens is 388 g/mol. The quantitative estimate of drug-likeness (QED) is 0.684. The molecule has 156 valence electrons. The molecule has 7 heteroatoms. The minimum Gasteiger partial charge on any atom is -0.463 e. The van der Waals surface area contributed by atoms with E-state index in [-0.39, 0.29) is 19.0 Å². The van der Waals surface area contributed by atoms with E-state index in [0.29, 0.717) is 12.5 Å². The van der Waals surface area contributed by atoms with Gasteiger partial charge < -0.3 is 19.5 Å². The number of nitrogens with one attached hydrogen (secondary N) is 1. The van der Waals surface area contributed by atoms with Gasteiger partial charge >= 0.3 is 6.09 Å². The molecule has 2 aromatic heterocycles. The second-order valence-corrected chi connectivity index (χ2v) is 8.64. The number of pyridine rings is 1. The van der Waals surface area contributed by atoms with Crippen molar-refractivity contribution in [1.29, 1.82) is 0 Å². The van der Waals surface area contributed by atoms with Crippen LogP contribution in [0.3, 0.4) is 0 Å². The molecule has 6 nitrogen and oxygen atoms in total. The van der Waals surface area contributed by atoms with Crippen LogP contribution in [0.2, 0.25) is 0 Å². The van der Waals surface area contributed by atoms with Crippen LogP contribution in [0.5, 0.6) is 5.75 Å². The molecule has 1 saturated carbocycles. The summed E-state index contributed by atoms with van der Waals surface area (Å²) in [6.45, 7) is 3.65. The number of thiophene rings is 1. The lowest BCUT2D eigenvalue weighted by atomic mass is 9.85. The average Bonchev–Trinajstić information content (AvgIpc) is 3.16. The van der Waals surface area contributed by atoms with Crippen LogP contribution in [0.1, 0.15) is 49.8 Å². The number of amides is 1. The highest BCUT2D eigenvalue weighted by Gasteiger charge is 2.19. The molecule has 0 spiro atoms. The van der Waals surface area contributed by atoms with Gasteiger partial charge in [-0.05, 0) is 62.1 Å². The predicted molar refractivity (Wildman–Crippen MR) is 112 cm³/mol. The Hall–Kier alpha value is -2.12. The van der Waals surface area contributed by atoms with Crippen molar-refractivity contribution in [3.63, 3.8) is 0 Å². The summed E-state index contributed by atoms with van der Waals surface area (Å²) in [6.07, 6.45) is 6.27. The molecule has 1 atom stereocenters. The molecule has 1 amide bonds. The van der Waals surface area contributed by atoms with E-state index in [1.165, 1.54) is 19.3 Å². The fourth-order valence-corrected chi connectivity index (χ4v) is 4.42. The third-order valence-corrected chi connectivity index (χ3v) is 6.51. The molecule has 1 aliphatic carbocycles. The summed E-state index contributed by atoms with van der Waals surface area (Å²) in [5.74, 6) is 1.37. The Morgan fingerprint density at radius 2 is 2.14 bits per heavy atom. The van der Waals surface area contributed by atoms with Crippen molar-refractivity contribution in [2.45, 2.75) is 58.3 Å². The maximum Gasteiger partial charge on any atom is 0.407 e. The summed E-state index contributed by atoms with van der Waals surface area (Å²) in [7, 11) is 0. The number of aromatic nitrogens is 1. The van der Waals surface area contributed by atoms with Crippen molar-refractivity contribution >= 4 is 17.4 Å². The van der Waals surface area contributed by atoms with Crippen molar-refractivity contribution in [3.05, 3.63) is 34.8 Å². The van der Waals surface area contributed by atoms with Gasteiger partial charge in [0.2, 0.25) is 0 Å². The molecule has 2 fully saturated rings. The van der Waals surface area contributed by atoms with Gasteiger partial charge in [-0.3, -0.25) is 0 Å². The molecule has 1 unspecified atom stereocenters. The summed E-state index contributed by atoms with van der Waals surface area (Å²) in [6, 6.07) is 5.89. The van der Waals surface area contributed by atoms with Crippen LogP contribution in [0.4, 0.5) is 4.79 Å². The van der Waals surface area contributed by atoms with Crippen LogP contribution < -0.4 is 10.1 Å². The normalized spacial score (nSPS) is 19.4. The van der Waals surface area contributed by atoms with Crippen LogP contribution in [-0.4, -0.2) is 30.5 Å². The van der Waals surface area contributed by atoms with Gasteiger partial charge in [0.05, 0.1) is 22.9 Å². The minimum atomic E-state index is -0.352. The number of alkyl carbamates (subject to hydrolysis) is 1. The van der Waals surface area contributed by atoms with Gasteiger partial charge in [-0.2, -0.15) is 0 Å². The third-order valence-electron chi connectivity index (χ3n) is 5.53. The predicted octanol–water partition coefficient (Wildman–Crippen LogP) is 5.05. The zero-order chi connectivity index (χ0) is 20.1. The molecular formula is C22H28N2O4S. The van der Waals surface area contributed by atoms with Crippen LogP contribution in [0.25, 0.3) is 10.6 Å². The monoisotopic (exact) mass is 416 g/mol. The molecule has 0 radical (unpaired) electrons. The summed E-state index contributed by atoms with van der Waals surface area (Å²) < 4.78 is 17.0. The van der Waals surface area contributed by atoms with Gasteiger partial charge in [0, 0.05) is 18.5 Å². The average molecular weight is 417 g/mol. The van der Waals surface area contributed by atoms with E-state index in [9.17, 15) is 4.79 Å². The number of aryl methyl sites for hydroxylation is 1. The van der Waals surface area contributed by atoms with Gasteiger partial charge in [-0.1, -0.05) is 6.42 Å². The van der Waals surface area contributed by atoms with E-state index in [1.54, 1.807) is 11.3 Å². The second kappa shape index (κ2) is 9.59. The largest absolute Gasteiger partial charge is 0.463 e. The van der Waals surface area contributed by atoms with E-state index >= 15 is 0 Å². The number of ether oxygens (including phenoxy) is 3. The first-order chi connectivity index (χ1) is 14.2. The van der Waals surface area contributed by atoms with Crippen LogP contribution in [0.15, 0.2) is 23.6 Å². The molecule has 4 rings (SSSR count). The Morgan fingerprint density at radius 1 is 1.24 bits per heavy atom. The first-order valence-corrected chi connectivity index (χ1v) is 11.3. The van der Waals surface area contributed by atoms with E-state index in [1.807, 2.05) is 30.5 Å². The highest BCUT2D eigenvalue weighted by Crippen LogP contribution is 2.32. The van der Waals surface area contributed by atoms with Crippen LogP contribution >= 0.6 is 11.3 Å². The molecule has 3 heterocycles. The number of nitrogens with zero attached hydrogens (tertiary/aromatic N) is 1. The van der Waals surface area contributed by atoms with Crippen molar-refractivity contribution in [2.75, 3.05) is 13.2 Å². The maximum atomic E-state index is 11.9. The van der Waals surface area contributed by atoms with E-state index < -0.39 is 0 Å². The Kier molecular flexibility index (Phi) is 6.67. The highest BCUT2D eigenvalue weighted by molar-refractivity contribution is 7.13. The fraction of sp³-hybridized carbons (Fsp3) is 0.545. The zero-order valence-corrected chi connectivity index (χ0v) is 17.6. The van der Waals surface area contributed by atoms with E-state index in [0.717, 1.165) is 53.4 Å². The lowest BCUT2D eigenvalue weighted by molar-refractivity contribution is -0.106. The van der Waals surface area contributed by atoms with Gasteiger partial charge in [0.15, 0.2) is 6.29 Å². The van der Waals surface area contributed by atoms with Crippen molar-refractivity contribution in [2.24, 2.45) is 5.92 Å². The molecule has 1 aliphatic heterocycles. The SMILES string of the molecule is Cc1nc(-c2sccc2COC(=O)NCC2CCC2)ccc1OC1CCCCO1. The standard InChI is InChI=1S/C22H28N2O4S/c1-15-19(28-20-7-2-3-11-26-20)9-8-18(24-15)21-17(10-12-29-21)14-27-22(25)23-13-16-5-4-6-16/h8-10,12,16,20H,2-7,11,13-14H2,1H3,(H,23,25). The fourth-order valence-electron chi connectivity index (χ4n) is 3.54.